The molecule has 1 aliphatic heterocycles. The third kappa shape index (κ3) is 2.32. The van der Waals surface area contributed by atoms with Crippen molar-refractivity contribution in [3.63, 3.8) is 0 Å². The molecule has 6 rings (SSSR count). The summed E-state index contributed by atoms with van der Waals surface area (Å²) < 4.78 is 6.42. The summed E-state index contributed by atoms with van der Waals surface area (Å²) in [6.45, 7) is 4.43. The zero-order valence-electron chi connectivity index (χ0n) is 17.0. The van der Waals surface area contributed by atoms with Crippen LogP contribution in [0, 0.1) is 6.92 Å². The monoisotopic (exact) mass is 390 g/mol. The molecule has 0 unspecified atom stereocenters. The SMILES string of the molecule is Cc1ccc2c(oc3ccccc32)c1N1c2ccccc2N(c2ccccc2)[C@H]1C. The minimum absolute atomic E-state index is 0.113. The van der Waals surface area contributed by atoms with Crippen molar-refractivity contribution in [1.82, 2.24) is 0 Å². The molecule has 0 radical (unpaired) electrons. The van der Waals surface area contributed by atoms with Crippen molar-refractivity contribution in [2.75, 3.05) is 9.80 Å². The highest BCUT2D eigenvalue weighted by Crippen LogP contribution is 2.50. The number of benzene rings is 4. The molecule has 0 spiro atoms. The van der Waals surface area contributed by atoms with E-state index < -0.39 is 0 Å². The highest BCUT2D eigenvalue weighted by Gasteiger charge is 2.36. The van der Waals surface area contributed by atoms with Crippen molar-refractivity contribution >= 4 is 44.7 Å². The zero-order valence-corrected chi connectivity index (χ0v) is 17.0. The summed E-state index contributed by atoms with van der Waals surface area (Å²) in [5.41, 5.74) is 7.83. The van der Waals surface area contributed by atoms with Crippen LogP contribution >= 0.6 is 0 Å². The van der Waals surface area contributed by atoms with Crippen LogP contribution in [-0.2, 0) is 0 Å². The number of para-hydroxylation sites is 4. The van der Waals surface area contributed by atoms with E-state index in [1.807, 2.05) is 12.1 Å². The Morgan fingerprint density at radius 3 is 2.13 bits per heavy atom. The second-order valence-corrected chi connectivity index (χ2v) is 7.90. The van der Waals surface area contributed by atoms with Gasteiger partial charge in [-0.25, -0.2) is 0 Å². The number of rotatable bonds is 2. The Morgan fingerprint density at radius 1 is 0.667 bits per heavy atom. The number of nitrogens with zero attached hydrogens (tertiary/aromatic N) is 2. The van der Waals surface area contributed by atoms with Gasteiger partial charge in [0.05, 0.1) is 17.1 Å². The van der Waals surface area contributed by atoms with E-state index in [4.69, 9.17) is 4.42 Å². The summed E-state index contributed by atoms with van der Waals surface area (Å²) in [5.74, 6) is 0. The van der Waals surface area contributed by atoms with Gasteiger partial charge >= 0.3 is 0 Å². The summed E-state index contributed by atoms with van der Waals surface area (Å²) in [6, 6.07) is 31.9. The predicted molar refractivity (Wildman–Crippen MR) is 125 cm³/mol. The van der Waals surface area contributed by atoms with Crippen LogP contribution in [0.2, 0.25) is 0 Å². The van der Waals surface area contributed by atoms with E-state index >= 15 is 0 Å². The van der Waals surface area contributed by atoms with E-state index in [-0.39, 0.29) is 6.17 Å². The van der Waals surface area contributed by atoms with Gasteiger partial charge in [0, 0.05) is 16.5 Å². The van der Waals surface area contributed by atoms with E-state index in [1.165, 1.54) is 22.6 Å². The highest BCUT2D eigenvalue weighted by atomic mass is 16.3. The Balaban J connectivity index is 1.63. The van der Waals surface area contributed by atoms with Gasteiger partial charge in [-0.1, -0.05) is 60.7 Å². The van der Waals surface area contributed by atoms with Crippen LogP contribution in [0.1, 0.15) is 12.5 Å². The highest BCUT2D eigenvalue weighted by molar-refractivity contribution is 6.11. The maximum Gasteiger partial charge on any atom is 0.159 e. The van der Waals surface area contributed by atoms with Gasteiger partial charge in [0.25, 0.3) is 0 Å². The number of furan rings is 1. The van der Waals surface area contributed by atoms with E-state index in [1.54, 1.807) is 0 Å². The van der Waals surface area contributed by atoms with E-state index in [0.29, 0.717) is 0 Å². The first kappa shape index (κ1) is 17.2. The number of aryl methyl sites for hydroxylation is 1. The van der Waals surface area contributed by atoms with Crippen LogP contribution in [0.15, 0.2) is 95.4 Å². The standard InChI is InChI=1S/C27H22N2O/c1-18-16-17-22-21-12-6-9-15-25(21)30-27(22)26(18)29-19(2)28(20-10-4-3-5-11-20)23-13-7-8-14-24(23)29/h3-17,19H,1-2H3/t19-/m1/s1. The number of anilines is 4. The minimum atomic E-state index is 0.113. The molecular weight excluding hydrogens is 368 g/mol. The Labute approximate surface area is 175 Å². The summed E-state index contributed by atoms with van der Waals surface area (Å²) in [5, 5.41) is 2.32. The van der Waals surface area contributed by atoms with E-state index in [9.17, 15) is 0 Å². The normalized spacial score (nSPS) is 15.9. The van der Waals surface area contributed by atoms with E-state index in [2.05, 4.69) is 103 Å². The molecule has 1 aliphatic rings. The van der Waals surface area contributed by atoms with Crippen LogP contribution in [0.25, 0.3) is 21.9 Å². The molecule has 0 bridgehead atoms. The molecule has 1 atom stereocenters. The first-order chi connectivity index (χ1) is 14.7. The zero-order chi connectivity index (χ0) is 20.2. The molecule has 1 aromatic heterocycles. The Bertz CT molecular complexity index is 1390. The number of fused-ring (bicyclic) bond motifs is 4. The first-order valence-electron chi connectivity index (χ1n) is 10.4. The summed E-state index contributed by atoms with van der Waals surface area (Å²) >= 11 is 0. The minimum Gasteiger partial charge on any atom is -0.454 e. The molecule has 3 heteroatoms. The Morgan fingerprint density at radius 2 is 1.33 bits per heavy atom. The molecule has 2 heterocycles. The third-order valence-electron chi connectivity index (χ3n) is 6.15. The lowest BCUT2D eigenvalue weighted by Crippen LogP contribution is -2.35. The predicted octanol–water partition coefficient (Wildman–Crippen LogP) is 7.53. The van der Waals surface area contributed by atoms with Crippen LogP contribution in [0.4, 0.5) is 22.7 Å². The van der Waals surface area contributed by atoms with Gasteiger partial charge in [0.2, 0.25) is 0 Å². The molecule has 0 fully saturated rings. The molecule has 0 saturated heterocycles. The summed E-state index contributed by atoms with van der Waals surface area (Å²) in [7, 11) is 0. The molecule has 146 valence electrons. The van der Waals surface area contributed by atoms with Gasteiger partial charge in [-0.3, -0.25) is 0 Å². The lowest BCUT2D eigenvalue weighted by molar-refractivity contribution is 0.663. The molecule has 30 heavy (non-hydrogen) atoms. The molecule has 3 nitrogen and oxygen atoms in total. The van der Waals surface area contributed by atoms with Gasteiger partial charge in [0.15, 0.2) is 5.58 Å². The molecule has 0 saturated carbocycles. The summed E-state index contributed by atoms with van der Waals surface area (Å²) in [6.07, 6.45) is 0.113. The maximum absolute atomic E-state index is 6.42. The molecule has 5 aromatic rings. The van der Waals surface area contributed by atoms with Gasteiger partial charge in [0.1, 0.15) is 11.7 Å². The first-order valence-corrected chi connectivity index (χ1v) is 10.4. The Hall–Kier alpha value is -3.72. The Kier molecular flexibility index (Phi) is 3.66. The fraction of sp³-hybridized carbons (Fsp3) is 0.111. The smallest absolute Gasteiger partial charge is 0.159 e. The van der Waals surface area contributed by atoms with Crippen molar-refractivity contribution in [3.05, 3.63) is 96.6 Å². The van der Waals surface area contributed by atoms with Crippen molar-refractivity contribution in [2.45, 2.75) is 20.0 Å². The van der Waals surface area contributed by atoms with Crippen molar-refractivity contribution in [2.24, 2.45) is 0 Å². The summed E-state index contributed by atoms with van der Waals surface area (Å²) in [4.78, 5) is 4.82. The van der Waals surface area contributed by atoms with Crippen molar-refractivity contribution in [3.8, 4) is 0 Å². The van der Waals surface area contributed by atoms with Crippen LogP contribution < -0.4 is 9.80 Å². The van der Waals surface area contributed by atoms with E-state index in [0.717, 1.165) is 27.6 Å². The molecule has 0 N–H and O–H groups in total. The van der Waals surface area contributed by atoms with Crippen LogP contribution in [0.5, 0.6) is 0 Å². The van der Waals surface area contributed by atoms with Crippen LogP contribution in [0.3, 0.4) is 0 Å². The van der Waals surface area contributed by atoms with Gasteiger partial charge in [-0.15, -0.1) is 0 Å². The topological polar surface area (TPSA) is 19.6 Å². The third-order valence-corrected chi connectivity index (χ3v) is 6.15. The second-order valence-electron chi connectivity index (χ2n) is 7.90. The van der Waals surface area contributed by atoms with Gasteiger partial charge < -0.3 is 14.2 Å². The molecule has 0 aliphatic carbocycles. The van der Waals surface area contributed by atoms with Crippen molar-refractivity contribution < 1.29 is 4.42 Å². The molecular formula is C27H22N2O. The fourth-order valence-electron chi connectivity index (χ4n) is 4.81. The molecule has 0 amide bonds. The average Bonchev–Trinajstić information content (AvgIpc) is 3.29. The fourth-order valence-corrected chi connectivity index (χ4v) is 4.81. The number of hydrogen-bond donors (Lipinski definition) is 0. The van der Waals surface area contributed by atoms with Crippen molar-refractivity contribution in [1.29, 1.82) is 0 Å². The van der Waals surface area contributed by atoms with Gasteiger partial charge in [-0.2, -0.15) is 0 Å². The van der Waals surface area contributed by atoms with Gasteiger partial charge in [-0.05, 0) is 49.7 Å². The number of hydrogen-bond acceptors (Lipinski definition) is 3. The lowest BCUT2D eigenvalue weighted by atomic mass is 10.1. The van der Waals surface area contributed by atoms with Crippen LogP contribution in [-0.4, -0.2) is 6.17 Å². The lowest BCUT2D eigenvalue weighted by Gasteiger charge is -2.31. The second kappa shape index (κ2) is 6.39. The quantitative estimate of drug-likeness (QED) is 0.310. The maximum atomic E-state index is 6.42. The largest absolute Gasteiger partial charge is 0.454 e. The molecule has 4 aromatic carbocycles. The average molecular weight is 390 g/mol.